The summed E-state index contributed by atoms with van der Waals surface area (Å²) in [6, 6.07) is 3.73. The molecule has 21 heavy (non-hydrogen) atoms. The predicted octanol–water partition coefficient (Wildman–Crippen LogP) is 4.05. The highest BCUT2D eigenvalue weighted by molar-refractivity contribution is 5.97. The van der Waals surface area contributed by atoms with E-state index in [-0.39, 0.29) is 17.9 Å². The Bertz CT molecular complexity index is 518. The molecule has 0 atom stereocenters. The minimum absolute atomic E-state index is 0.166. The van der Waals surface area contributed by atoms with Gasteiger partial charge in [-0.05, 0) is 56.3 Å². The van der Waals surface area contributed by atoms with Crippen molar-refractivity contribution in [3.63, 3.8) is 0 Å². The zero-order chi connectivity index (χ0) is 15.6. The van der Waals surface area contributed by atoms with Crippen molar-refractivity contribution in [3.8, 4) is 0 Å². The summed E-state index contributed by atoms with van der Waals surface area (Å²) in [7, 11) is 1.93. The van der Waals surface area contributed by atoms with Crippen molar-refractivity contribution in [1.82, 2.24) is 4.90 Å². The number of halogens is 2. The molecule has 0 aromatic heterocycles. The second kappa shape index (κ2) is 6.22. The number of ketones is 1. The Balaban J connectivity index is 1.94. The van der Waals surface area contributed by atoms with Gasteiger partial charge in [0.05, 0.1) is 6.54 Å². The van der Waals surface area contributed by atoms with Gasteiger partial charge in [0.1, 0.15) is 0 Å². The second-order valence-corrected chi connectivity index (χ2v) is 6.86. The lowest BCUT2D eigenvalue weighted by Crippen LogP contribution is -2.39. The molecule has 1 saturated carbocycles. The van der Waals surface area contributed by atoms with Gasteiger partial charge in [0.25, 0.3) is 0 Å². The molecule has 2 rings (SSSR count). The van der Waals surface area contributed by atoms with Crippen LogP contribution in [0.2, 0.25) is 0 Å². The Hall–Kier alpha value is -1.29. The van der Waals surface area contributed by atoms with E-state index in [0.29, 0.717) is 11.5 Å². The average Bonchev–Trinajstić information content (AvgIpc) is 2.41. The molecule has 0 heterocycles. The molecule has 0 spiro atoms. The molecule has 116 valence electrons. The topological polar surface area (TPSA) is 20.3 Å². The number of hydrogen-bond acceptors (Lipinski definition) is 2. The molecule has 0 N–H and O–H groups in total. The van der Waals surface area contributed by atoms with Crippen molar-refractivity contribution in [2.24, 2.45) is 5.41 Å². The van der Waals surface area contributed by atoms with Crippen LogP contribution in [0.4, 0.5) is 8.78 Å². The summed E-state index contributed by atoms with van der Waals surface area (Å²) in [6.45, 7) is 4.79. The summed E-state index contributed by atoms with van der Waals surface area (Å²) in [5, 5.41) is 0. The van der Waals surface area contributed by atoms with Gasteiger partial charge in [-0.25, -0.2) is 8.78 Å². The molecule has 0 aliphatic heterocycles. The van der Waals surface area contributed by atoms with Crippen molar-refractivity contribution < 1.29 is 13.6 Å². The van der Waals surface area contributed by atoms with Crippen LogP contribution in [0.3, 0.4) is 0 Å². The van der Waals surface area contributed by atoms with Gasteiger partial charge in [0.2, 0.25) is 0 Å². The Morgan fingerprint density at radius 1 is 1.24 bits per heavy atom. The number of benzene rings is 1. The van der Waals surface area contributed by atoms with E-state index in [0.717, 1.165) is 37.8 Å². The van der Waals surface area contributed by atoms with Crippen molar-refractivity contribution in [2.75, 3.05) is 13.6 Å². The van der Waals surface area contributed by atoms with Crippen molar-refractivity contribution in [3.05, 3.63) is 35.4 Å². The molecule has 0 bridgehead atoms. The molecule has 4 heteroatoms. The minimum Gasteiger partial charge on any atom is -0.296 e. The van der Waals surface area contributed by atoms with Gasteiger partial charge in [0, 0.05) is 11.6 Å². The summed E-state index contributed by atoms with van der Waals surface area (Å²) >= 11 is 0. The number of likely N-dealkylation sites (N-methyl/N-ethyl adjacent to an activating group) is 1. The minimum atomic E-state index is -0.970. The van der Waals surface area contributed by atoms with E-state index in [2.05, 4.69) is 13.8 Å². The van der Waals surface area contributed by atoms with Crippen LogP contribution in [0, 0.1) is 17.0 Å². The van der Waals surface area contributed by atoms with Crippen molar-refractivity contribution >= 4 is 5.78 Å². The van der Waals surface area contributed by atoms with Crippen molar-refractivity contribution in [1.29, 1.82) is 0 Å². The Morgan fingerprint density at radius 2 is 1.86 bits per heavy atom. The molecular formula is C17H23F2NO. The first kappa shape index (κ1) is 16.1. The number of carbonyl (C=O) groups is 1. The van der Waals surface area contributed by atoms with Gasteiger partial charge in [0.15, 0.2) is 17.4 Å². The highest BCUT2D eigenvalue weighted by atomic mass is 19.2. The van der Waals surface area contributed by atoms with Gasteiger partial charge < -0.3 is 0 Å². The van der Waals surface area contributed by atoms with Crippen LogP contribution in [-0.4, -0.2) is 30.3 Å². The van der Waals surface area contributed by atoms with E-state index < -0.39 is 11.6 Å². The van der Waals surface area contributed by atoms with Crippen LogP contribution in [-0.2, 0) is 0 Å². The van der Waals surface area contributed by atoms with E-state index in [4.69, 9.17) is 0 Å². The molecule has 1 fully saturated rings. The van der Waals surface area contributed by atoms with E-state index in [1.54, 1.807) is 0 Å². The van der Waals surface area contributed by atoms with E-state index in [9.17, 15) is 13.6 Å². The lowest BCUT2D eigenvalue weighted by atomic mass is 9.75. The Kier molecular flexibility index (Phi) is 4.77. The lowest BCUT2D eigenvalue weighted by Gasteiger charge is -2.38. The first-order chi connectivity index (χ1) is 9.78. The molecule has 1 aliphatic carbocycles. The number of rotatable bonds is 4. The Labute approximate surface area is 125 Å². The first-order valence-electron chi connectivity index (χ1n) is 7.47. The summed E-state index contributed by atoms with van der Waals surface area (Å²) in [5.74, 6) is -2.06. The molecule has 1 aromatic rings. The highest BCUT2D eigenvalue weighted by Crippen LogP contribution is 2.36. The van der Waals surface area contributed by atoms with E-state index in [1.807, 2.05) is 11.9 Å². The molecule has 0 saturated heterocycles. The average molecular weight is 295 g/mol. The van der Waals surface area contributed by atoms with Crippen molar-refractivity contribution in [2.45, 2.75) is 45.6 Å². The largest absolute Gasteiger partial charge is 0.296 e. The SMILES string of the molecule is CN(CC(=O)c1ccc(F)c(F)c1)C1CCC(C)(C)CC1. The number of carbonyl (C=O) groups excluding carboxylic acids is 1. The summed E-state index contributed by atoms with van der Waals surface area (Å²) in [5.41, 5.74) is 0.624. The van der Waals surface area contributed by atoms with Crippen LogP contribution < -0.4 is 0 Å². The van der Waals surface area contributed by atoms with Crippen LogP contribution >= 0.6 is 0 Å². The third-order valence-corrected chi connectivity index (χ3v) is 4.57. The molecule has 1 aliphatic rings. The maximum atomic E-state index is 13.2. The number of nitrogens with zero attached hydrogens (tertiary/aromatic N) is 1. The third kappa shape index (κ3) is 4.10. The third-order valence-electron chi connectivity index (χ3n) is 4.57. The number of hydrogen-bond donors (Lipinski definition) is 0. The monoisotopic (exact) mass is 295 g/mol. The highest BCUT2D eigenvalue weighted by Gasteiger charge is 2.29. The van der Waals surface area contributed by atoms with Crippen LogP contribution in [0.1, 0.15) is 49.9 Å². The number of Topliss-reactive ketones (excluding diaryl/α,β-unsaturated/α-hetero) is 1. The smallest absolute Gasteiger partial charge is 0.176 e. The fraction of sp³-hybridized carbons (Fsp3) is 0.588. The standard InChI is InChI=1S/C17H23F2NO/c1-17(2)8-6-13(7-9-17)20(3)11-16(21)12-4-5-14(18)15(19)10-12/h4-5,10,13H,6-9,11H2,1-3H3. The Morgan fingerprint density at radius 3 is 2.43 bits per heavy atom. The molecule has 0 radical (unpaired) electrons. The summed E-state index contributed by atoms with van der Waals surface area (Å²) < 4.78 is 26.1. The molecular weight excluding hydrogens is 272 g/mol. The van der Waals surface area contributed by atoms with Crippen LogP contribution in [0.25, 0.3) is 0 Å². The fourth-order valence-corrected chi connectivity index (χ4v) is 2.94. The molecule has 0 unspecified atom stereocenters. The summed E-state index contributed by atoms with van der Waals surface area (Å²) in [6.07, 6.45) is 4.46. The van der Waals surface area contributed by atoms with Gasteiger partial charge in [-0.1, -0.05) is 13.8 Å². The predicted molar refractivity (Wildman–Crippen MR) is 79.4 cm³/mol. The van der Waals surface area contributed by atoms with E-state index >= 15 is 0 Å². The maximum Gasteiger partial charge on any atom is 0.176 e. The zero-order valence-electron chi connectivity index (χ0n) is 13.0. The zero-order valence-corrected chi connectivity index (χ0v) is 13.0. The summed E-state index contributed by atoms with van der Waals surface area (Å²) in [4.78, 5) is 14.2. The molecule has 0 amide bonds. The van der Waals surface area contributed by atoms with Crippen LogP contribution in [0.15, 0.2) is 18.2 Å². The van der Waals surface area contributed by atoms with E-state index in [1.165, 1.54) is 6.07 Å². The fourth-order valence-electron chi connectivity index (χ4n) is 2.94. The molecule has 1 aromatic carbocycles. The van der Waals surface area contributed by atoms with Gasteiger partial charge in [-0.15, -0.1) is 0 Å². The van der Waals surface area contributed by atoms with Crippen LogP contribution in [0.5, 0.6) is 0 Å². The lowest BCUT2D eigenvalue weighted by molar-refractivity contribution is 0.0851. The quantitative estimate of drug-likeness (QED) is 0.781. The van der Waals surface area contributed by atoms with Gasteiger partial charge in [-0.3, -0.25) is 9.69 Å². The second-order valence-electron chi connectivity index (χ2n) is 6.86. The van der Waals surface area contributed by atoms with Gasteiger partial charge in [-0.2, -0.15) is 0 Å². The first-order valence-corrected chi connectivity index (χ1v) is 7.47. The molecule has 2 nitrogen and oxygen atoms in total. The normalized spacial score (nSPS) is 19.0. The maximum absolute atomic E-state index is 13.2. The van der Waals surface area contributed by atoms with Gasteiger partial charge >= 0.3 is 0 Å².